The number of hydrogen-bond acceptors (Lipinski definition) is 3. The summed E-state index contributed by atoms with van der Waals surface area (Å²) in [5.41, 5.74) is 4.27. The molecule has 3 aromatic carbocycles. The Morgan fingerprint density at radius 2 is 1.64 bits per heavy atom. The van der Waals surface area contributed by atoms with Crippen LogP contribution in [0, 0.1) is 6.92 Å². The van der Waals surface area contributed by atoms with Crippen molar-refractivity contribution in [2.75, 3.05) is 5.75 Å². The third kappa shape index (κ3) is 8.72. The van der Waals surface area contributed by atoms with Gasteiger partial charge < -0.3 is 10.2 Å². The van der Waals surface area contributed by atoms with E-state index in [1.807, 2.05) is 93.6 Å². The molecule has 36 heavy (non-hydrogen) atoms. The Balaban J connectivity index is 1.85. The Morgan fingerprint density at radius 3 is 2.31 bits per heavy atom. The van der Waals surface area contributed by atoms with Crippen molar-refractivity contribution in [3.8, 4) is 0 Å². The first-order chi connectivity index (χ1) is 17.4. The third-order valence-electron chi connectivity index (χ3n) is 6.12. The molecule has 2 amide bonds. The zero-order valence-electron chi connectivity index (χ0n) is 21.2. The fourth-order valence-electron chi connectivity index (χ4n) is 3.92. The molecule has 0 spiro atoms. The van der Waals surface area contributed by atoms with Crippen molar-refractivity contribution in [1.82, 2.24) is 10.2 Å². The maximum absolute atomic E-state index is 13.7. The van der Waals surface area contributed by atoms with Crippen LogP contribution in [0.1, 0.15) is 42.5 Å². The Hall–Kier alpha value is -2.76. The average molecular weight is 523 g/mol. The number of rotatable bonds is 12. The van der Waals surface area contributed by atoms with E-state index in [1.54, 1.807) is 16.7 Å². The largest absolute Gasteiger partial charge is 0.352 e. The van der Waals surface area contributed by atoms with Crippen LogP contribution in [-0.4, -0.2) is 34.6 Å². The Labute approximate surface area is 224 Å². The van der Waals surface area contributed by atoms with E-state index in [0.29, 0.717) is 23.7 Å². The first kappa shape index (κ1) is 27.8. The smallest absolute Gasteiger partial charge is 0.243 e. The SMILES string of the molecule is CCC(C)NC(=O)C(Cc1ccccc1)N(Cc1cccc(C)c1)C(=O)CSCc1ccc(Cl)cc1. The van der Waals surface area contributed by atoms with Gasteiger partial charge in [0.25, 0.3) is 0 Å². The van der Waals surface area contributed by atoms with Crippen LogP contribution in [0.2, 0.25) is 5.02 Å². The second kappa shape index (κ2) is 14.1. The summed E-state index contributed by atoms with van der Waals surface area (Å²) in [4.78, 5) is 29.0. The molecular weight excluding hydrogens is 488 g/mol. The van der Waals surface area contributed by atoms with Crippen LogP contribution >= 0.6 is 23.4 Å². The number of benzene rings is 3. The molecule has 0 aromatic heterocycles. The minimum absolute atomic E-state index is 0.0333. The van der Waals surface area contributed by atoms with Crippen molar-refractivity contribution >= 4 is 35.2 Å². The summed E-state index contributed by atoms with van der Waals surface area (Å²) >= 11 is 7.55. The number of aryl methyl sites for hydroxylation is 1. The molecule has 0 aliphatic carbocycles. The number of amides is 2. The minimum atomic E-state index is -0.606. The zero-order chi connectivity index (χ0) is 25.9. The molecule has 0 radical (unpaired) electrons. The van der Waals surface area contributed by atoms with Gasteiger partial charge in [-0.3, -0.25) is 9.59 Å². The highest BCUT2D eigenvalue weighted by Crippen LogP contribution is 2.20. The fraction of sp³-hybridized carbons (Fsp3) is 0.333. The van der Waals surface area contributed by atoms with Crippen molar-refractivity contribution in [3.63, 3.8) is 0 Å². The number of nitrogens with zero attached hydrogens (tertiary/aromatic N) is 1. The van der Waals surface area contributed by atoms with Crippen LogP contribution in [0.25, 0.3) is 0 Å². The van der Waals surface area contributed by atoms with Crippen LogP contribution in [0.4, 0.5) is 0 Å². The van der Waals surface area contributed by atoms with Gasteiger partial charge in [-0.05, 0) is 49.1 Å². The van der Waals surface area contributed by atoms with Crippen LogP contribution < -0.4 is 5.32 Å². The number of carbonyl (C=O) groups excluding carboxylic acids is 2. The number of thioether (sulfide) groups is 1. The van der Waals surface area contributed by atoms with Crippen molar-refractivity contribution in [1.29, 1.82) is 0 Å². The third-order valence-corrected chi connectivity index (χ3v) is 7.36. The molecule has 3 rings (SSSR count). The van der Waals surface area contributed by atoms with E-state index >= 15 is 0 Å². The molecule has 3 aromatic rings. The molecule has 190 valence electrons. The Morgan fingerprint density at radius 1 is 0.944 bits per heavy atom. The molecule has 0 saturated carbocycles. The quantitative estimate of drug-likeness (QED) is 0.298. The summed E-state index contributed by atoms with van der Waals surface area (Å²) in [7, 11) is 0. The van der Waals surface area contributed by atoms with Gasteiger partial charge in [0, 0.05) is 29.8 Å². The molecule has 2 unspecified atom stereocenters. The maximum Gasteiger partial charge on any atom is 0.243 e. The van der Waals surface area contributed by atoms with E-state index in [9.17, 15) is 9.59 Å². The average Bonchev–Trinajstić information content (AvgIpc) is 2.87. The molecule has 4 nitrogen and oxygen atoms in total. The molecule has 0 heterocycles. The van der Waals surface area contributed by atoms with Crippen LogP contribution in [0.15, 0.2) is 78.9 Å². The van der Waals surface area contributed by atoms with E-state index in [0.717, 1.165) is 28.7 Å². The lowest BCUT2D eigenvalue weighted by Gasteiger charge is -2.32. The summed E-state index contributed by atoms with van der Waals surface area (Å²) in [6, 6.07) is 25.1. The maximum atomic E-state index is 13.7. The Bertz CT molecular complexity index is 1120. The van der Waals surface area contributed by atoms with E-state index in [4.69, 9.17) is 11.6 Å². The second-order valence-corrected chi connectivity index (χ2v) is 10.6. The van der Waals surface area contributed by atoms with Crippen molar-refractivity contribution in [2.24, 2.45) is 0 Å². The van der Waals surface area contributed by atoms with Gasteiger partial charge in [-0.2, -0.15) is 0 Å². The summed E-state index contributed by atoms with van der Waals surface area (Å²) in [5, 5.41) is 3.81. The predicted molar refractivity (Wildman–Crippen MR) is 151 cm³/mol. The standard InChI is InChI=1S/C30H35ClN2O2S/c1-4-23(3)32-30(35)28(18-24-10-6-5-7-11-24)33(19-26-12-8-9-22(2)17-26)29(34)21-36-20-25-13-15-27(31)16-14-25/h5-17,23,28H,4,18-21H2,1-3H3,(H,32,35). The van der Waals surface area contributed by atoms with E-state index in [-0.39, 0.29) is 23.6 Å². The molecule has 6 heteroatoms. The van der Waals surface area contributed by atoms with Gasteiger partial charge >= 0.3 is 0 Å². The van der Waals surface area contributed by atoms with Crippen LogP contribution in [0.5, 0.6) is 0 Å². The fourth-order valence-corrected chi connectivity index (χ4v) is 4.92. The van der Waals surface area contributed by atoms with Gasteiger partial charge in [-0.15, -0.1) is 11.8 Å². The van der Waals surface area contributed by atoms with E-state index in [2.05, 4.69) is 11.4 Å². The highest BCUT2D eigenvalue weighted by atomic mass is 35.5. The van der Waals surface area contributed by atoms with Gasteiger partial charge in [0.05, 0.1) is 5.75 Å². The van der Waals surface area contributed by atoms with Gasteiger partial charge in [0.15, 0.2) is 0 Å². The topological polar surface area (TPSA) is 49.4 Å². The molecule has 1 N–H and O–H groups in total. The zero-order valence-corrected chi connectivity index (χ0v) is 22.8. The molecule has 0 aliphatic rings. The minimum Gasteiger partial charge on any atom is -0.352 e. The second-order valence-electron chi connectivity index (χ2n) is 9.15. The lowest BCUT2D eigenvalue weighted by Crippen LogP contribution is -2.52. The molecule has 0 fully saturated rings. The lowest BCUT2D eigenvalue weighted by molar-refractivity contribution is -0.139. The van der Waals surface area contributed by atoms with Crippen molar-refractivity contribution in [3.05, 3.63) is 106 Å². The van der Waals surface area contributed by atoms with Gasteiger partial charge in [0.1, 0.15) is 6.04 Å². The highest BCUT2D eigenvalue weighted by Gasteiger charge is 2.30. The Kier molecular flexibility index (Phi) is 10.9. The molecule has 0 saturated heterocycles. The van der Waals surface area contributed by atoms with Crippen LogP contribution in [-0.2, 0) is 28.3 Å². The lowest BCUT2D eigenvalue weighted by atomic mass is 10.0. The first-order valence-electron chi connectivity index (χ1n) is 12.4. The molecule has 0 bridgehead atoms. The summed E-state index contributed by atoms with van der Waals surface area (Å²) in [6.07, 6.45) is 1.29. The van der Waals surface area contributed by atoms with Crippen molar-refractivity contribution in [2.45, 2.75) is 58.0 Å². The van der Waals surface area contributed by atoms with Gasteiger partial charge in [0.2, 0.25) is 11.8 Å². The molecular formula is C30H35ClN2O2S. The van der Waals surface area contributed by atoms with Crippen molar-refractivity contribution < 1.29 is 9.59 Å². The summed E-state index contributed by atoms with van der Waals surface area (Å²) in [5.74, 6) is 0.826. The highest BCUT2D eigenvalue weighted by molar-refractivity contribution is 7.99. The predicted octanol–water partition coefficient (Wildman–Crippen LogP) is 6.44. The first-order valence-corrected chi connectivity index (χ1v) is 13.9. The monoisotopic (exact) mass is 522 g/mol. The number of halogens is 1. The number of carbonyl (C=O) groups is 2. The molecule has 2 atom stereocenters. The van der Waals surface area contributed by atoms with Crippen LogP contribution in [0.3, 0.4) is 0 Å². The van der Waals surface area contributed by atoms with Gasteiger partial charge in [-0.1, -0.05) is 90.8 Å². The number of nitrogens with one attached hydrogen (secondary N) is 1. The normalized spacial score (nSPS) is 12.6. The van der Waals surface area contributed by atoms with Gasteiger partial charge in [-0.25, -0.2) is 0 Å². The number of hydrogen-bond donors (Lipinski definition) is 1. The van der Waals surface area contributed by atoms with E-state index in [1.165, 1.54) is 0 Å². The summed E-state index contributed by atoms with van der Waals surface area (Å²) in [6.45, 7) is 6.45. The van der Waals surface area contributed by atoms with E-state index < -0.39 is 6.04 Å². The summed E-state index contributed by atoms with van der Waals surface area (Å²) < 4.78 is 0. The molecule has 0 aliphatic heterocycles.